The van der Waals surface area contributed by atoms with Crippen molar-refractivity contribution in [3.05, 3.63) is 23.8 Å². The normalized spacial score (nSPS) is 11.5. The van der Waals surface area contributed by atoms with Gasteiger partial charge in [-0.15, -0.1) is 11.8 Å². The van der Waals surface area contributed by atoms with Crippen LogP contribution in [0.5, 0.6) is 0 Å². The van der Waals surface area contributed by atoms with E-state index in [-0.39, 0.29) is 23.6 Å². The molecule has 4 nitrogen and oxygen atoms in total. The van der Waals surface area contributed by atoms with Gasteiger partial charge in [0.2, 0.25) is 0 Å². The highest BCUT2D eigenvalue weighted by Gasteiger charge is 2.32. The van der Waals surface area contributed by atoms with E-state index < -0.39 is 19.3 Å². The Morgan fingerprint density at radius 3 is 2.57 bits per heavy atom. The molecule has 1 aromatic rings. The van der Waals surface area contributed by atoms with E-state index in [9.17, 15) is 13.2 Å². The second kappa shape index (κ2) is 7.56. The fraction of sp³-hybridized carbons (Fsp3) is 0.462. The number of hydrogen-bond donors (Lipinski definition) is 3. The van der Waals surface area contributed by atoms with Gasteiger partial charge in [-0.25, -0.2) is 0 Å². The van der Waals surface area contributed by atoms with E-state index in [1.165, 1.54) is 17.8 Å². The molecule has 8 heteroatoms. The van der Waals surface area contributed by atoms with Crippen molar-refractivity contribution in [1.29, 1.82) is 5.41 Å². The molecule has 0 unspecified atom stereocenters. The summed E-state index contributed by atoms with van der Waals surface area (Å²) in [7, 11) is 0. The Bertz CT molecular complexity index is 494. The van der Waals surface area contributed by atoms with Crippen LogP contribution in [-0.2, 0) is 0 Å². The van der Waals surface area contributed by atoms with Crippen LogP contribution >= 0.6 is 11.8 Å². The average molecular weight is 321 g/mol. The number of benzene rings is 1. The second-order valence-electron chi connectivity index (χ2n) is 4.26. The molecule has 0 saturated heterocycles. The number of hydrogen-bond acceptors (Lipinski definition) is 4. The molecule has 0 heterocycles. The lowest BCUT2D eigenvalue weighted by Crippen LogP contribution is -2.37. The van der Waals surface area contributed by atoms with Gasteiger partial charge in [0, 0.05) is 17.1 Å². The number of nitrogens with zero attached hydrogens (tertiary/aromatic N) is 1. The number of nitrogens with one attached hydrogen (secondary N) is 1. The van der Waals surface area contributed by atoms with Crippen molar-refractivity contribution >= 4 is 23.3 Å². The van der Waals surface area contributed by atoms with Crippen molar-refractivity contribution < 1.29 is 18.3 Å². The van der Waals surface area contributed by atoms with Gasteiger partial charge in [0.25, 0.3) is 0 Å². The first-order valence-corrected chi connectivity index (χ1v) is 7.31. The summed E-state index contributed by atoms with van der Waals surface area (Å²) in [6.45, 7) is 0.106. The molecule has 0 radical (unpaired) electrons. The van der Waals surface area contributed by atoms with Gasteiger partial charge in [0.05, 0.1) is 12.2 Å². The minimum Gasteiger partial charge on any atom is -0.395 e. The van der Waals surface area contributed by atoms with E-state index in [0.717, 1.165) is 4.90 Å². The number of rotatable bonds is 7. The summed E-state index contributed by atoms with van der Waals surface area (Å²) < 4.78 is 38.0. The van der Waals surface area contributed by atoms with Gasteiger partial charge < -0.3 is 15.7 Å². The summed E-state index contributed by atoms with van der Waals surface area (Å²) in [4.78, 5) is 1.66. The van der Waals surface area contributed by atoms with Crippen molar-refractivity contribution in [2.45, 2.75) is 18.0 Å². The van der Waals surface area contributed by atoms with Gasteiger partial charge in [-0.2, -0.15) is 13.2 Å². The zero-order valence-corrected chi connectivity index (χ0v) is 12.4. The van der Waals surface area contributed by atoms with Gasteiger partial charge in [-0.1, -0.05) is 13.0 Å². The molecule has 0 fully saturated rings. The Balaban J connectivity index is 3.29. The molecule has 4 N–H and O–H groups in total. The maximum Gasteiger partial charge on any atom is 0.405 e. The van der Waals surface area contributed by atoms with Crippen LogP contribution in [0.15, 0.2) is 23.1 Å². The van der Waals surface area contributed by atoms with Gasteiger partial charge in [-0.05, 0) is 17.9 Å². The van der Waals surface area contributed by atoms with Gasteiger partial charge >= 0.3 is 6.18 Å². The highest BCUT2D eigenvalue weighted by molar-refractivity contribution is 7.99. The molecule has 0 aliphatic carbocycles. The molecule has 21 heavy (non-hydrogen) atoms. The van der Waals surface area contributed by atoms with Gasteiger partial charge in [0.1, 0.15) is 12.4 Å². The largest absolute Gasteiger partial charge is 0.405 e. The lowest BCUT2D eigenvalue weighted by atomic mass is 10.1. The SMILES string of the molecule is CCSc1cccc(N(CCO)CC(F)(F)F)c1C(=N)N. The molecule has 0 bridgehead atoms. The van der Waals surface area contributed by atoms with Crippen LogP contribution in [0.2, 0.25) is 0 Å². The second-order valence-corrected chi connectivity index (χ2v) is 5.56. The molecule has 0 aliphatic heterocycles. The third-order valence-corrected chi connectivity index (χ3v) is 3.59. The topological polar surface area (TPSA) is 73.3 Å². The number of aliphatic hydroxyl groups is 1. The molecule has 0 atom stereocenters. The summed E-state index contributed by atoms with van der Waals surface area (Å²) in [6, 6.07) is 4.83. The minimum atomic E-state index is -4.41. The van der Waals surface area contributed by atoms with Crippen molar-refractivity contribution in [1.82, 2.24) is 0 Å². The summed E-state index contributed by atoms with van der Waals surface area (Å²) in [6.07, 6.45) is -4.41. The van der Waals surface area contributed by atoms with E-state index >= 15 is 0 Å². The Kier molecular flexibility index (Phi) is 6.35. The van der Waals surface area contributed by atoms with Crippen molar-refractivity contribution in [3.8, 4) is 0 Å². The maximum atomic E-state index is 12.7. The fourth-order valence-electron chi connectivity index (χ4n) is 1.95. The Hall–Kier alpha value is -1.41. The average Bonchev–Trinajstić information content (AvgIpc) is 2.36. The summed E-state index contributed by atoms with van der Waals surface area (Å²) in [5.41, 5.74) is 6.04. The number of alkyl halides is 3. The van der Waals surface area contributed by atoms with Gasteiger partial charge in [0.15, 0.2) is 0 Å². The van der Waals surface area contributed by atoms with Crippen molar-refractivity contribution in [3.63, 3.8) is 0 Å². The first-order valence-electron chi connectivity index (χ1n) is 6.33. The molecular formula is C13H18F3N3OS. The van der Waals surface area contributed by atoms with Crippen LogP contribution in [0, 0.1) is 5.41 Å². The first-order chi connectivity index (χ1) is 9.80. The zero-order valence-electron chi connectivity index (χ0n) is 11.6. The summed E-state index contributed by atoms with van der Waals surface area (Å²) in [5, 5.41) is 16.6. The van der Waals surface area contributed by atoms with Crippen LogP contribution < -0.4 is 10.6 Å². The predicted molar refractivity (Wildman–Crippen MR) is 79.2 cm³/mol. The molecule has 0 aromatic heterocycles. The van der Waals surface area contributed by atoms with E-state index in [4.69, 9.17) is 16.2 Å². The van der Waals surface area contributed by atoms with E-state index in [0.29, 0.717) is 10.6 Å². The highest BCUT2D eigenvalue weighted by atomic mass is 32.2. The quantitative estimate of drug-likeness (QED) is 0.410. The molecule has 1 aromatic carbocycles. The standard InChI is InChI=1S/C13H18F3N3OS/c1-2-21-10-5-3-4-9(11(10)12(17)18)19(6-7-20)8-13(14,15)16/h3-5,20H,2,6-8H2,1H3,(H3,17,18). The molecule has 118 valence electrons. The van der Waals surface area contributed by atoms with Crippen LogP contribution in [0.1, 0.15) is 12.5 Å². The molecule has 0 aliphatic rings. The van der Waals surface area contributed by atoms with E-state index in [1.54, 1.807) is 12.1 Å². The summed E-state index contributed by atoms with van der Waals surface area (Å²) >= 11 is 1.41. The van der Waals surface area contributed by atoms with Gasteiger partial charge in [-0.3, -0.25) is 5.41 Å². The Labute approximate surface area is 125 Å². The number of aliphatic hydroxyl groups excluding tert-OH is 1. The monoisotopic (exact) mass is 321 g/mol. The molecule has 0 saturated carbocycles. The van der Waals surface area contributed by atoms with Crippen LogP contribution in [0.25, 0.3) is 0 Å². The third kappa shape index (κ3) is 5.13. The first kappa shape index (κ1) is 17.6. The molecular weight excluding hydrogens is 303 g/mol. The summed E-state index contributed by atoms with van der Waals surface area (Å²) in [5.74, 6) is 0.426. The fourth-order valence-corrected chi connectivity index (χ4v) is 2.80. The molecule has 0 amide bonds. The molecule has 0 spiro atoms. The van der Waals surface area contributed by atoms with Crippen molar-refractivity contribution in [2.75, 3.05) is 30.3 Å². The number of nitrogens with two attached hydrogens (primary N) is 1. The zero-order chi connectivity index (χ0) is 16.0. The minimum absolute atomic E-state index is 0.181. The van der Waals surface area contributed by atoms with E-state index in [2.05, 4.69) is 0 Å². The van der Waals surface area contributed by atoms with Crippen molar-refractivity contribution in [2.24, 2.45) is 5.73 Å². The lowest BCUT2D eigenvalue weighted by molar-refractivity contribution is -0.119. The van der Waals surface area contributed by atoms with Crippen LogP contribution in [-0.4, -0.2) is 42.6 Å². The highest BCUT2D eigenvalue weighted by Crippen LogP contribution is 2.32. The number of anilines is 1. The number of halogens is 3. The Morgan fingerprint density at radius 1 is 1.43 bits per heavy atom. The molecule has 1 rings (SSSR count). The predicted octanol–water partition coefficient (Wildman–Crippen LogP) is 2.44. The number of nitrogen functional groups attached to an aromatic ring is 1. The number of amidine groups is 1. The lowest BCUT2D eigenvalue weighted by Gasteiger charge is -2.28. The van der Waals surface area contributed by atoms with E-state index in [1.807, 2.05) is 6.92 Å². The smallest absolute Gasteiger partial charge is 0.395 e. The third-order valence-electron chi connectivity index (χ3n) is 2.65. The van der Waals surface area contributed by atoms with Crippen LogP contribution in [0.3, 0.4) is 0 Å². The maximum absolute atomic E-state index is 12.7. The van der Waals surface area contributed by atoms with Crippen LogP contribution in [0.4, 0.5) is 18.9 Å². The Morgan fingerprint density at radius 2 is 2.10 bits per heavy atom. The number of thioether (sulfide) groups is 1.